The van der Waals surface area contributed by atoms with Crippen LogP contribution in [0, 0.1) is 5.92 Å². The molecule has 1 aromatic rings. The highest BCUT2D eigenvalue weighted by atomic mass is 16.5. The minimum Gasteiger partial charge on any atom is -0.487 e. The zero-order valence-electron chi connectivity index (χ0n) is 15.4. The summed E-state index contributed by atoms with van der Waals surface area (Å²) in [5.74, 6) is -0.615. The van der Waals surface area contributed by atoms with Crippen LogP contribution in [0.15, 0.2) is 18.2 Å². The number of benzene rings is 1. The van der Waals surface area contributed by atoms with E-state index in [-0.39, 0.29) is 17.9 Å². The molecule has 1 amide bonds. The monoisotopic (exact) mass is 358 g/mol. The van der Waals surface area contributed by atoms with Crippen molar-refractivity contribution in [1.29, 1.82) is 0 Å². The standard InChI is InChI=1S/C20H26N2O4/c1-19(2)11-14-9-13(3-4-16(14)26-19)12-22-7-5-20(6-8-22)15(18(24)25)10-17(23)21-20/h3-4,9,15H,5-8,10-12H2,1-2H3,(H,21,23)(H,24,25)/t15-/m0/s1. The zero-order valence-corrected chi connectivity index (χ0v) is 15.4. The largest absolute Gasteiger partial charge is 0.487 e. The number of amides is 1. The molecule has 4 rings (SSSR count). The van der Waals surface area contributed by atoms with Crippen molar-refractivity contribution < 1.29 is 19.4 Å². The average Bonchev–Trinajstić information content (AvgIpc) is 3.04. The predicted octanol–water partition coefficient (Wildman–Crippen LogP) is 1.96. The highest BCUT2D eigenvalue weighted by Crippen LogP contribution is 2.38. The second-order valence-corrected chi connectivity index (χ2v) is 8.56. The van der Waals surface area contributed by atoms with Crippen molar-refractivity contribution in [2.24, 2.45) is 5.92 Å². The van der Waals surface area contributed by atoms with Crippen LogP contribution < -0.4 is 10.1 Å². The molecule has 3 heterocycles. The lowest BCUT2D eigenvalue weighted by Crippen LogP contribution is -2.55. The van der Waals surface area contributed by atoms with Gasteiger partial charge in [0, 0.05) is 32.5 Å². The van der Waals surface area contributed by atoms with Crippen LogP contribution in [-0.4, -0.2) is 46.1 Å². The Hall–Kier alpha value is -2.08. The number of aliphatic carboxylic acids is 1. The first kappa shape index (κ1) is 17.3. The normalized spacial score (nSPS) is 26.4. The van der Waals surface area contributed by atoms with Crippen LogP contribution in [0.2, 0.25) is 0 Å². The molecule has 1 aromatic carbocycles. The SMILES string of the molecule is CC1(C)Cc2cc(CN3CCC4(CC3)NC(=O)C[C@H]4C(=O)O)ccc2O1. The van der Waals surface area contributed by atoms with Crippen molar-refractivity contribution in [3.63, 3.8) is 0 Å². The third-order valence-corrected chi connectivity index (χ3v) is 6.02. The third-order valence-electron chi connectivity index (χ3n) is 6.02. The molecular formula is C20H26N2O4. The quantitative estimate of drug-likeness (QED) is 0.863. The smallest absolute Gasteiger partial charge is 0.309 e. The number of likely N-dealkylation sites (tertiary alicyclic amines) is 1. The van der Waals surface area contributed by atoms with Gasteiger partial charge in [-0.1, -0.05) is 12.1 Å². The maximum atomic E-state index is 11.8. The van der Waals surface area contributed by atoms with Gasteiger partial charge in [0.2, 0.25) is 5.91 Å². The molecule has 2 saturated heterocycles. The van der Waals surface area contributed by atoms with Crippen molar-refractivity contribution in [1.82, 2.24) is 10.2 Å². The van der Waals surface area contributed by atoms with E-state index in [0.717, 1.165) is 31.8 Å². The van der Waals surface area contributed by atoms with Gasteiger partial charge in [-0.25, -0.2) is 0 Å². The number of nitrogens with zero attached hydrogens (tertiary/aromatic N) is 1. The molecule has 0 radical (unpaired) electrons. The van der Waals surface area contributed by atoms with Crippen LogP contribution in [0.3, 0.4) is 0 Å². The average molecular weight is 358 g/mol. The van der Waals surface area contributed by atoms with Crippen LogP contribution in [0.4, 0.5) is 0 Å². The summed E-state index contributed by atoms with van der Waals surface area (Å²) < 4.78 is 5.94. The molecule has 6 nitrogen and oxygen atoms in total. The second-order valence-electron chi connectivity index (χ2n) is 8.56. The van der Waals surface area contributed by atoms with Crippen LogP contribution in [0.5, 0.6) is 5.75 Å². The van der Waals surface area contributed by atoms with Crippen molar-refractivity contribution in [3.05, 3.63) is 29.3 Å². The summed E-state index contributed by atoms with van der Waals surface area (Å²) in [6, 6.07) is 6.40. The van der Waals surface area contributed by atoms with Gasteiger partial charge in [0.25, 0.3) is 0 Å². The first-order chi connectivity index (χ1) is 12.3. The molecule has 26 heavy (non-hydrogen) atoms. The number of carbonyl (C=O) groups is 2. The number of nitrogens with one attached hydrogen (secondary N) is 1. The lowest BCUT2D eigenvalue weighted by atomic mass is 9.77. The maximum Gasteiger partial charge on any atom is 0.309 e. The van der Waals surface area contributed by atoms with Gasteiger partial charge in [0.05, 0.1) is 11.5 Å². The summed E-state index contributed by atoms with van der Waals surface area (Å²) in [6.07, 6.45) is 2.41. The van der Waals surface area contributed by atoms with Gasteiger partial charge in [-0.15, -0.1) is 0 Å². The number of carbonyl (C=O) groups excluding carboxylic acids is 1. The number of fused-ring (bicyclic) bond motifs is 1. The molecule has 0 aromatic heterocycles. The van der Waals surface area contributed by atoms with Gasteiger partial charge in [0.15, 0.2) is 0 Å². The lowest BCUT2D eigenvalue weighted by molar-refractivity contribution is -0.144. The van der Waals surface area contributed by atoms with Gasteiger partial charge in [-0.3, -0.25) is 14.5 Å². The Balaban J connectivity index is 1.41. The molecule has 140 valence electrons. The first-order valence-electron chi connectivity index (χ1n) is 9.33. The Morgan fingerprint density at radius 3 is 2.77 bits per heavy atom. The number of carboxylic acids is 1. The van der Waals surface area contributed by atoms with E-state index in [1.54, 1.807) is 0 Å². The Kier molecular flexibility index (Phi) is 3.99. The minimum atomic E-state index is -0.863. The zero-order chi connectivity index (χ0) is 18.5. The van der Waals surface area contributed by atoms with Gasteiger partial charge in [-0.05, 0) is 43.9 Å². The Morgan fingerprint density at radius 2 is 2.08 bits per heavy atom. The summed E-state index contributed by atoms with van der Waals surface area (Å²) in [5.41, 5.74) is 1.82. The van der Waals surface area contributed by atoms with E-state index in [9.17, 15) is 14.7 Å². The number of rotatable bonds is 3. The van der Waals surface area contributed by atoms with Crippen molar-refractivity contribution >= 4 is 11.9 Å². The fourth-order valence-corrected chi connectivity index (χ4v) is 4.72. The van der Waals surface area contributed by atoms with Crippen molar-refractivity contribution in [2.45, 2.75) is 57.2 Å². The van der Waals surface area contributed by atoms with Gasteiger partial charge < -0.3 is 15.2 Å². The number of hydrogen-bond donors (Lipinski definition) is 2. The highest BCUT2D eigenvalue weighted by molar-refractivity contribution is 5.88. The predicted molar refractivity (Wildman–Crippen MR) is 96.0 cm³/mol. The van der Waals surface area contributed by atoms with E-state index in [1.807, 2.05) is 0 Å². The highest BCUT2D eigenvalue weighted by Gasteiger charge is 2.51. The second kappa shape index (κ2) is 5.98. The van der Waals surface area contributed by atoms with E-state index in [2.05, 4.69) is 42.3 Å². The summed E-state index contributed by atoms with van der Waals surface area (Å²) in [7, 11) is 0. The fraction of sp³-hybridized carbons (Fsp3) is 0.600. The molecule has 0 saturated carbocycles. The van der Waals surface area contributed by atoms with Crippen LogP contribution in [0.1, 0.15) is 44.2 Å². The van der Waals surface area contributed by atoms with Crippen LogP contribution >= 0.6 is 0 Å². The minimum absolute atomic E-state index is 0.107. The van der Waals surface area contributed by atoms with E-state index in [0.29, 0.717) is 12.8 Å². The molecule has 0 unspecified atom stereocenters. The molecule has 3 aliphatic heterocycles. The first-order valence-corrected chi connectivity index (χ1v) is 9.33. The summed E-state index contributed by atoms with van der Waals surface area (Å²) in [6.45, 7) is 6.64. The number of carboxylic acid groups (broad SMARTS) is 1. The molecule has 1 spiro atoms. The maximum absolute atomic E-state index is 11.8. The fourth-order valence-electron chi connectivity index (χ4n) is 4.72. The van der Waals surface area contributed by atoms with Crippen LogP contribution in [-0.2, 0) is 22.6 Å². The van der Waals surface area contributed by atoms with E-state index < -0.39 is 17.4 Å². The summed E-state index contributed by atoms with van der Waals surface area (Å²) in [5, 5.41) is 12.4. The number of hydrogen-bond acceptors (Lipinski definition) is 4. The van der Waals surface area contributed by atoms with Crippen molar-refractivity contribution in [3.8, 4) is 5.75 Å². The molecular weight excluding hydrogens is 332 g/mol. The number of piperidine rings is 1. The van der Waals surface area contributed by atoms with Gasteiger partial charge in [0.1, 0.15) is 11.4 Å². The Bertz CT molecular complexity index is 750. The van der Waals surface area contributed by atoms with E-state index in [1.165, 1.54) is 11.1 Å². The third kappa shape index (κ3) is 3.07. The molecule has 3 aliphatic rings. The molecule has 0 aliphatic carbocycles. The topological polar surface area (TPSA) is 78.9 Å². The van der Waals surface area contributed by atoms with Crippen LogP contribution in [0.25, 0.3) is 0 Å². The molecule has 6 heteroatoms. The summed E-state index contributed by atoms with van der Waals surface area (Å²) in [4.78, 5) is 25.6. The van der Waals surface area contributed by atoms with Gasteiger partial charge >= 0.3 is 5.97 Å². The molecule has 1 atom stereocenters. The van der Waals surface area contributed by atoms with E-state index >= 15 is 0 Å². The number of ether oxygens (including phenoxy) is 1. The molecule has 0 bridgehead atoms. The van der Waals surface area contributed by atoms with Crippen molar-refractivity contribution in [2.75, 3.05) is 13.1 Å². The Morgan fingerprint density at radius 1 is 1.35 bits per heavy atom. The van der Waals surface area contributed by atoms with Gasteiger partial charge in [-0.2, -0.15) is 0 Å². The molecule has 2 fully saturated rings. The lowest BCUT2D eigenvalue weighted by Gasteiger charge is -2.41. The van der Waals surface area contributed by atoms with E-state index in [4.69, 9.17) is 4.74 Å². The Labute approximate surface area is 153 Å². The summed E-state index contributed by atoms with van der Waals surface area (Å²) >= 11 is 0. The molecule has 2 N–H and O–H groups in total.